The first-order chi connectivity index (χ1) is 13.3. The quantitative estimate of drug-likeness (QED) is 0.511. The second kappa shape index (κ2) is 6.76. The standard InChI is InChI=1S/C18H11N3O3S3/c22-16(13-8-26-17(19-13)11-3-4-25-6-11)21-18-20-12(7-27-18)10-1-2-14-15(5-10)24-9-23-14/h1-8H,9H2,(H,20,21,22). The molecule has 134 valence electrons. The highest BCUT2D eigenvalue weighted by molar-refractivity contribution is 7.14. The van der Waals surface area contributed by atoms with E-state index < -0.39 is 0 Å². The lowest BCUT2D eigenvalue weighted by atomic mass is 10.1. The van der Waals surface area contributed by atoms with Crippen LogP contribution in [0.4, 0.5) is 5.13 Å². The first-order valence-electron chi connectivity index (χ1n) is 7.91. The third-order valence-electron chi connectivity index (χ3n) is 3.90. The van der Waals surface area contributed by atoms with Crippen LogP contribution in [0.5, 0.6) is 11.5 Å². The molecule has 0 unspecified atom stereocenters. The van der Waals surface area contributed by atoms with Gasteiger partial charge in [0.05, 0.1) is 5.69 Å². The maximum atomic E-state index is 12.5. The van der Waals surface area contributed by atoms with Crippen molar-refractivity contribution in [3.05, 3.63) is 51.5 Å². The number of ether oxygens (including phenoxy) is 2. The molecule has 1 aliphatic heterocycles. The van der Waals surface area contributed by atoms with Crippen molar-refractivity contribution >= 4 is 45.0 Å². The van der Waals surface area contributed by atoms with Crippen molar-refractivity contribution in [2.75, 3.05) is 12.1 Å². The Balaban J connectivity index is 1.32. The molecule has 0 atom stereocenters. The number of hydrogen-bond acceptors (Lipinski definition) is 8. The van der Waals surface area contributed by atoms with Crippen molar-refractivity contribution in [3.63, 3.8) is 0 Å². The van der Waals surface area contributed by atoms with Crippen LogP contribution in [-0.4, -0.2) is 22.7 Å². The number of rotatable bonds is 4. The van der Waals surface area contributed by atoms with Gasteiger partial charge in [-0.05, 0) is 29.6 Å². The summed E-state index contributed by atoms with van der Waals surface area (Å²) in [6.45, 7) is 0.234. The number of hydrogen-bond donors (Lipinski definition) is 1. The Morgan fingerprint density at radius 1 is 1.00 bits per heavy atom. The summed E-state index contributed by atoms with van der Waals surface area (Å²) < 4.78 is 10.7. The van der Waals surface area contributed by atoms with Gasteiger partial charge in [-0.1, -0.05) is 0 Å². The van der Waals surface area contributed by atoms with Gasteiger partial charge in [0.25, 0.3) is 5.91 Å². The zero-order valence-electron chi connectivity index (χ0n) is 13.7. The maximum Gasteiger partial charge on any atom is 0.276 e. The first kappa shape index (κ1) is 16.4. The number of anilines is 1. The number of nitrogens with zero attached hydrogens (tertiary/aromatic N) is 2. The van der Waals surface area contributed by atoms with Crippen LogP contribution in [0, 0.1) is 0 Å². The van der Waals surface area contributed by atoms with E-state index in [1.54, 1.807) is 16.7 Å². The van der Waals surface area contributed by atoms with E-state index in [-0.39, 0.29) is 12.7 Å². The molecule has 0 fully saturated rings. The van der Waals surface area contributed by atoms with Gasteiger partial charge in [0, 0.05) is 27.3 Å². The number of aromatic nitrogens is 2. The van der Waals surface area contributed by atoms with Crippen LogP contribution < -0.4 is 14.8 Å². The minimum absolute atomic E-state index is 0.234. The van der Waals surface area contributed by atoms with E-state index in [0.29, 0.717) is 16.6 Å². The van der Waals surface area contributed by atoms with E-state index in [4.69, 9.17) is 9.47 Å². The molecule has 6 nitrogen and oxygen atoms in total. The molecule has 9 heteroatoms. The van der Waals surface area contributed by atoms with E-state index >= 15 is 0 Å². The number of carbonyl (C=O) groups is 1. The van der Waals surface area contributed by atoms with Gasteiger partial charge in [-0.25, -0.2) is 9.97 Å². The Kier molecular flexibility index (Phi) is 4.12. The smallest absolute Gasteiger partial charge is 0.276 e. The van der Waals surface area contributed by atoms with E-state index in [1.165, 1.54) is 22.7 Å². The second-order valence-electron chi connectivity index (χ2n) is 5.61. The lowest BCUT2D eigenvalue weighted by molar-refractivity contribution is 0.102. The van der Waals surface area contributed by atoms with Crippen molar-refractivity contribution in [2.24, 2.45) is 0 Å². The molecule has 1 amide bonds. The summed E-state index contributed by atoms with van der Waals surface area (Å²) in [4.78, 5) is 21.4. The molecule has 3 aromatic heterocycles. The largest absolute Gasteiger partial charge is 0.454 e. The third kappa shape index (κ3) is 3.20. The summed E-state index contributed by atoms with van der Waals surface area (Å²) in [7, 11) is 0. The van der Waals surface area contributed by atoms with E-state index in [9.17, 15) is 4.79 Å². The molecular formula is C18H11N3O3S3. The number of thiazole rings is 2. The number of nitrogens with one attached hydrogen (secondary N) is 1. The highest BCUT2D eigenvalue weighted by Gasteiger charge is 2.17. The fourth-order valence-corrected chi connectivity index (χ4v) is 4.80. The van der Waals surface area contributed by atoms with Crippen molar-refractivity contribution in [1.82, 2.24) is 9.97 Å². The Morgan fingerprint density at radius 2 is 1.93 bits per heavy atom. The van der Waals surface area contributed by atoms with Crippen molar-refractivity contribution in [2.45, 2.75) is 0 Å². The number of amides is 1. The zero-order valence-corrected chi connectivity index (χ0v) is 16.1. The molecule has 0 saturated carbocycles. The molecule has 0 saturated heterocycles. The topological polar surface area (TPSA) is 73.3 Å². The lowest BCUT2D eigenvalue weighted by Gasteiger charge is -2.00. The summed E-state index contributed by atoms with van der Waals surface area (Å²) in [5.41, 5.74) is 3.10. The summed E-state index contributed by atoms with van der Waals surface area (Å²) in [5.74, 6) is 1.17. The fraction of sp³-hybridized carbons (Fsp3) is 0.0556. The van der Waals surface area contributed by atoms with Crippen LogP contribution >= 0.6 is 34.0 Å². The summed E-state index contributed by atoms with van der Waals surface area (Å²) >= 11 is 4.42. The monoisotopic (exact) mass is 413 g/mol. The van der Waals surface area contributed by atoms with Gasteiger partial charge in [-0.15, -0.1) is 22.7 Å². The summed E-state index contributed by atoms with van der Waals surface area (Å²) in [6, 6.07) is 7.65. The van der Waals surface area contributed by atoms with Crippen LogP contribution in [0.3, 0.4) is 0 Å². The average molecular weight is 414 g/mol. The molecule has 1 N–H and O–H groups in total. The molecule has 0 radical (unpaired) electrons. The maximum absolute atomic E-state index is 12.5. The van der Waals surface area contributed by atoms with Crippen LogP contribution in [0.1, 0.15) is 10.5 Å². The van der Waals surface area contributed by atoms with Gasteiger partial charge in [0.2, 0.25) is 6.79 Å². The minimum Gasteiger partial charge on any atom is -0.454 e. The lowest BCUT2D eigenvalue weighted by Crippen LogP contribution is -2.12. The molecule has 0 bridgehead atoms. The SMILES string of the molecule is O=C(Nc1nc(-c2ccc3c(c2)OCO3)cs1)c1csc(-c2ccsc2)n1. The summed E-state index contributed by atoms with van der Waals surface area (Å²) in [5, 5.41) is 11.8. The van der Waals surface area contributed by atoms with Gasteiger partial charge in [-0.2, -0.15) is 11.3 Å². The number of fused-ring (bicyclic) bond motifs is 1. The fourth-order valence-electron chi connectivity index (χ4n) is 2.58. The molecule has 4 heterocycles. The van der Waals surface area contributed by atoms with Crippen molar-refractivity contribution in [1.29, 1.82) is 0 Å². The Hall–Kier alpha value is -2.75. The van der Waals surface area contributed by atoms with Crippen LogP contribution in [0.25, 0.3) is 21.8 Å². The van der Waals surface area contributed by atoms with Gasteiger partial charge < -0.3 is 9.47 Å². The molecule has 4 aromatic rings. The predicted octanol–water partition coefficient (Wildman–Crippen LogP) is 4.98. The first-order valence-corrected chi connectivity index (χ1v) is 10.6. The van der Waals surface area contributed by atoms with Crippen LogP contribution in [0.15, 0.2) is 45.8 Å². The van der Waals surface area contributed by atoms with E-state index in [2.05, 4.69) is 15.3 Å². The van der Waals surface area contributed by atoms with Gasteiger partial charge in [-0.3, -0.25) is 10.1 Å². The Morgan fingerprint density at radius 3 is 2.81 bits per heavy atom. The normalized spacial score (nSPS) is 12.3. The average Bonchev–Trinajstić information content (AvgIpc) is 3.47. The van der Waals surface area contributed by atoms with Crippen LogP contribution in [0.2, 0.25) is 0 Å². The third-order valence-corrected chi connectivity index (χ3v) is 6.23. The van der Waals surface area contributed by atoms with E-state index in [0.717, 1.165) is 27.6 Å². The number of benzene rings is 1. The molecule has 0 spiro atoms. The van der Waals surface area contributed by atoms with Gasteiger partial charge in [0.1, 0.15) is 10.7 Å². The van der Waals surface area contributed by atoms with Crippen molar-refractivity contribution in [3.8, 4) is 33.3 Å². The van der Waals surface area contributed by atoms with Gasteiger partial charge in [0.15, 0.2) is 16.6 Å². The highest BCUT2D eigenvalue weighted by Crippen LogP contribution is 2.36. The Labute approximate surface area is 166 Å². The molecule has 27 heavy (non-hydrogen) atoms. The Bertz CT molecular complexity index is 1120. The zero-order chi connectivity index (χ0) is 18.2. The molecule has 1 aromatic carbocycles. The highest BCUT2D eigenvalue weighted by atomic mass is 32.1. The summed E-state index contributed by atoms with van der Waals surface area (Å²) in [6.07, 6.45) is 0. The number of thiophene rings is 1. The number of carbonyl (C=O) groups excluding carboxylic acids is 1. The molecule has 5 rings (SSSR count). The van der Waals surface area contributed by atoms with Crippen molar-refractivity contribution < 1.29 is 14.3 Å². The van der Waals surface area contributed by atoms with E-state index in [1.807, 2.05) is 40.4 Å². The van der Waals surface area contributed by atoms with Crippen LogP contribution in [-0.2, 0) is 0 Å². The second-order valence-corrected chi connectivity index (χ2v) is 8.11. The molecular weight excluding hydrogens is 402 g/mol. The minimum atomic E-state index is -0.265. The molecule has 0 aliphatic carbocycles. The predicted molar refractivity (Wildman–Crippen MR) is 107 cm³/mol. The molecule has 1 aliphatic rings. The van der Waals surface area contributed by atoms with Gasteiger partial charge >= 0.3 is 0 Å².